The van der Waals surface area contributed by atoms with E-state index in [4.69, 9.17) is 20.9 Å². The Morgan fingerprint density at radius 2 is 2.03 bits per heavy atom. The second-order valence-electron chi connectivity index (χ2n) is 8.10. The Labute approximate surface area is 183 Å². The largest absolute Gasteiger partial charge is 0.490 e. The van der Waals surface area contributed by atoms with Crippen molar-refractivity contribution in [2.24, 2.45) is 0 Å². The Bertz CT molecular complexity index is 1090. The van der Waals surface area contributed by atoms with Gasteiger partial charge in [0.05, 0.1) is 16.9 Å². The van der Waals surface area contributed by atoms with Crippen molar-refractivity contribution < 1.29 is 4.74 Å². The Kier molecular flexibility index (Phi) is 6.26. The first-order valence-corrected chi connectivity index (χ1v) is 11.0. The number of aryl methyl sites for hydroxylation is 1. The van der Waals surface area contributed by atoms with E-state index in [9.17, 15) is 0 Å². The van der Waals surface area contributed by atoms with Crippen LogP contribution in [0.25, 0.3) is 17.1 Å². The Morgan fingerprint density at radius 1 is 1.23 bits per heavy atom. The fraction of sp³-hybridized carbons (Fsp3) is 0.360. The van der Waals surface area contributed by atoms with Gasteiger partial charge in [0.1, 0.15) is 17.7 Å². The number of aromatic nitrogens is 2. The minimum absolute atomic E-state index is 0.193. The van der Waals surface area contributed by atoms with E-state index in [0.717, 1.165) is 72.8 Å². The van der Waals surface area contributed by atoms with Crippen molar-refractivity contribution in [2.75, 3.05) is 18.8 Å². The number of piperidine rings is 1. The lowest BCUT2D eigenvalue weighted by atomic mass is 10.1. The summed E-state index contributed by atoms with van der Waals surface area (Å²) in [5, 5.41) is 7.79. The summed E-state index contributed by atoms with van der Waals surface area (Å²) in [5.74, 6) is 2.60. The van der Waals surface area contributed by atoms with Crippen LogP contribution in [0.15, 0.2) is 48.5 Å². The molecule has 0 bridgehead atoms. The Balaban J connectivity index is 1.51. The van der Waals surface area contributed by atoms with Crippen molar-refractivity contribution in [2.45, 2.75) is 45.8 Å². The van der Waals surface area contributed by atoms with Gasteiger partial charge in [-0.15, -0.1) is 0 Å². The van der Waals surface area contributed by atoms with Crippen molar-refractivity contribution in [3.05, 3.63) is 59.9 Å². The van der Waals surface area contributed by atoms with Crippen molar-refractivity contribution in [3.8, 4) is 5.75 Å². The molecule has 0 spiro atoms. The Morgan fingerprint density at radius 3 is 2.74 bits per heavy atom. The monoisotopic (exact) mass is 417 g/mol. The normalized spacial score (nSPS) is 15.1. The molecule has 4 rings (SSSR count). The maximum absolute atomic E-state index is 7.79. The van der Waals surface area contributed by atoms with E-state index in [1.54, 1.807) is 0 Å². The van der Waals surface area contributed by atoms with E-state index in [2.05, 4.69) is 46.7 Å². The smallest absolute Gasteiger partial charge is 0.121 e. The van der Waals surface area contributed by atoms with Crippen LogP contribution in [0.2, 0.25) is 0 Å². The molecule has 162 valence electrons. The maximum Gasteiger partial charge on any atom is 0.121 e. The van der Waals surface area contributed by atoms with E-state index in [1.807, 2.05) is 31.2 Å². The number of nitrogens with one attached hydrogen (secondary N) is 1. The highest BCUT2D eigenvalue weighted by Gasteiger charge is 2.21. The predicted octanol–water partition coefficient (Wildman–Crippen LogP) is 4.73. The number of allylic oxidation sites excluding steroid dienone is 1. The SMILES string of the molecule is CCc1nc2ccc(OC3CCN(C(C)=N)CC3)cc2n1C/C=C/c1cccc(N)c1. The molecule has 2 heterocycles. The third-order valence-corrected chi connectivity index (χ3v) is 5.84. The van der Waals surface area contributed by atoms with Gasteiger partial charge in [-0.25, -0.2) is 4.98 Å². The number of imidazole rings is 1. The van der Waals surface area contributed by atoms with Gasteiger partial charge in [-0.1, -0.05) is 31.2 Å². The second kappa shape index (κ2) is 9.25. The molecular weight excluding hydrogens is 386 g/mol. The summed E-state index contributed by atoms with van der Waals surface area (Å²) in [6.07, 6.45) is 7.20. The topological polar surface area (TPSA) is 80.2 Å². The van der Waals surface area contributed by atoms with Crippen LogP contribution in [0.5, 0.6) is 5.75 Å². The zero-order valence-corrected chi connectivity index (χ0v) is 18.3. The fourth-order valence-corrected chi connectivity index (χ4v) is 4.16. The lowest BCUT2D eigenvalue weighted by Gasteiger charge is -2.32. The first kappa shape index (κ1) is 21.0. The molecule has 1 fully saturated rings. The molecule has 6 nitrogen and oxygen atoms in total. The second-order valence-corrected chi connectivity index (χ2v) is 8.10. The fourth-order valence-electron chi connectivity index (χ4n) is 4.16. The van der Waals surface area contributed by atoms with Crippen LogP contribution in [-0.4, -0.2) is 39.5 Å². The van der Waals surface area contributed by atoms with E-state index in [0.29, 0.717) is 5.84 Å². The summed E-state index contributed by atoms with van der Waals surface area (Å²) in [7, 11) is 0. The molecule has 2 aromatic carbocycles. The van der Waals surface area contributed by atoms with E-state index >= 15 is 0 Å². The number of hydrogen-bond donors (Lipinski definition) is 2. The zero-order chi connectivity index (χ0) is 21.8. The summed E-state index contributed by atoms with van der Waals surface area (Å²) >= 11 is 0. The molecule has 6 heteroatoms. The van der Waals surface area contributed by atoms with Crippen LogP contribution in [0.1, 0.15) is 38.1 Å². The molecule has 1 aromatic heterocycles. The van der Waals surface area contributed by atoms with Crippen molar-refractivity contribution in [1.29, 1.82) is 5.41 Å². The standard InChI is InChI=1S/C25H31N5O/c1-3-25-28-23-10-9-22(31-21-11-14-29(15-12-21)18(2)26)17-24(23)30(25)13-5-7-19-6-4-8-20(27)16-19/h4-10,16-17,21,26H,3,11-15,27H2,1-2H3/b7-5+,26-18?. The molecule has 3 N–H and O–H groups in total. The van der Waals surface area contributed by atoms with Crippen LogP contribution < -0.4 is 10.5 Å². The molecule has 1 aliphatic rings. The highest BCUT2D eigenvalue weighted by Crippen LogP contribution is 2.25. The van der Waals surface area contributed by atoms with Crippen LogP contribution in [-0.2, 0) is 13.0 Å². The number of likely N-dealkylation sites (tertiary alicyclic amines) is 1. The summed E-state index contributed by atoms with van der Waals surface area (Å²) in [6.45, 7) is 6.50. The van der Waals surface area contributed by atoms with Crippen molar-refractivity contribution >= 4 is 28.6 Å². The number of nitrogens with two attached hydrogens (primary N) is 1. The molecule has 3 aromatic rings. The molecule has 0 amide bonds. The van der Waals surface area contributed by atoms with Gasteiger partial charge in [0.2, 0.25) is 0 Å². The number of anilines is 1. The van der Waals surface area contributed by atoms with Gasteiger partial charge in [0, 0.05) is 50.7 Å². The van der Waals surface area contributed by atoms with Crippen LogP contribution in [0.4, 0.5) is 5.69 Å². The average molecular weight is 418 g/mol. The summed E-state index contributed by atoms with van der Waals surface area (Å²) < 4.78 is 8.56. The predicted molar refractivity (Wildman–Crippen MR) is 128 cm³/mol. The highest BCUT2D eigenvalue weighted by atomic mass is 16.5. The first-order valence-electron chi connectivity index (χ1n) is 11.0. The molecule has 0 saturated carbocycles. The van der Waals surface area contributed by atoms with Gasteiger partial charge < -0.3 is 19.9 Å². The van der Waals surface area contributed by atoms with Crippen LogP contribution >= 0.6 is 0 Å². The van der Waals surface area contributed by atoms with Gasteiger partial charge in [-0.05, 0) is 36.8 Å². The number of hydrogen-bond acceptors (Lipinski definition) is 4. The van der Waals surface area contributed by atoms with E-state index in [1.165, 1.54) is 0 Å². The average Bonchev–Trinajstić information content (AvgIpc) is 3.11. The van der Waals surface area contributed by atoms with Crippen LogP contribution in [0.3, 0.4) is 0 Å². The summed E-state index contributed by atoms with van der Waals surface area (Å²) in [5.41, 5.74) is 9.84. The lowest BCUT2D eigenvalue weighted by Crippen LogP contribution is -2.40. The molecular formula is C25H31N5O. The zero-order valence-electron chi connectivity index (χ0n) is 18.3. The molecule has 0 unspecified atom stereocenters. The molecule has 1 saturated heterocycles. The third-order valence-electron chi connectivity index (χ3n) is 5.84. The minimum Gasteiger partial charge on any atom is -0.490 e. The first-order chi connectivity index (χ1) is 15.0. The molecule has 31 heavy (non-hydrogen) atoms. The van der Waals surface area contributed by atoms with Crippen molar-refractivity contribution in [3.63, 3.8) is 0 Å². The van der Waals surface area contributed by atoms with Crippen LogP contribution in [0, 0.1) is 5.41 Å². The van der Waals surface area contributed by atoms with Gasteiger partial charge in [-0.3, -0.25) is 5.41 Å². The van der Waals surface area contributed by atoms with Gasteiger partial charge in [0.25, 0.3) is 0 Å². The molecule has 1 aliphatic heterocycles. The summed E-state index contributed by atoms with van der Waals surface area (Å²) in [4.78, 5) is 6.92. The lowest BCUT2D eigenvalue weighted by molar-refractivity contribution is 0.130. The van der Waals surface area contributed by atoms with Gasteiger partial charge in [-0.2, -0.15) is 0 Å². The van der Waals surface area contributed by atoms with Gasteiger partial charge >= 0.3 is 0 Å². The molecule has 0 radical (unpaired) electrons. The third kappa shape index (κ3) is 4.90. The molecule has 0 aliphatic carbocycles. The quantitative estimate of drug-likeness (QED) is 0.345. The highest BCUT2D eigenvalue weighted by molar-refractivity contribution is 5.78. The van der Waals surface area contributed by atoms with E-state index in [-0.39, 0.29) is 6.10 Å². The number of nitrogen functional groups attached to an aromatic ring is 1. The number of ether oxygens (including phenoxy) is 1. The number of fused-ring (bicyclic) bond motifs is 1. The molecule has 0 atom stereocenters. The number of amidine groups is 1. The maximum atomic E-state index is 7.79. The Hall–Kier alpha value is -3.28. The number of rotatable bonds is 6. The summed E-state index contributed by atoms with van der Waals surface area (Å²) in [6, 6.07) is 14.1. The van der Waals surface area contributed by atoms with E-state index < -0.39 is 0 Å². The minimum atomic E-state index is 0.193. The number of benzene rings is 2. The number of nitrogens with zero attached hydrogens (tertiary/aromatic N) is 3. The van der Waals surface area contributed by atoms with Gasteiger partial charge in [0.15, 0.2) is 0 Å². The van der Waals surface area contributed by atoms with Crippen molar-refractivity contribution in [1.82, 2.24) is 14.5 Å².